The lowest BCUT2D eigenvalue weighted by Crippen LogP contribution is -2.82. The number of rotatable bonds is 6. The van der Waals surface area contributed by atoms with Crippen molar-refractivity contribution in [3.63, 3.8) is 0 Å². The van der Waals surface area contributed by atoms with E-state index in [1.165, 1.54) is 0 Å². The van der Waals surface area contributed by atoms with Gasteiger partial charge in [0.05, 0.1) is 37.1 Å². The Morgan fingerprint density at radius 2 is 1.82 bits per heavy atom. The molecule has 188 valence electrons. The summed E-state index contributed by atoms with van der Waals surface area (Å²) in [6.45, 7) is 4.28. The molecule has 33 heavy (non-hydrogen) atoms. The zero-order valence-corrected chi connectivity index (χ0v) is 20.6. The van der Waals surface area contributed by atoms with Gasteiger partial charge in [-0.15, -0.1) is 0 Å². The summed E-state index contributed by atoms with van der Waals surface area (Å²) in [5, 5.41) is 36.7. The molecule has 5 saturated carbocycles. The first-order chi connectivity index (χ1) is 15.8. The molecular formula is C25H41NO7. The summed E-state index contributed by atoms with van der Waals surface area (Å²) in [6.07, 6.45) is 1.08. The third-order valence-electron chi connectivity index (χ3n) is 11.5. The Morgan fingerprint density at radius 3 is 2.42 bits per heavy atom. The fraction of sp³-hybridized carbons (Fsp3) is 1.00. The van der Waals surface area contributed by atoms with Gasteiger partial charge in [0.1, 0.15) is 11.2 Å². The van der Waals surface area contributed by atoms with Crippen LogP contribution in [0.2, 0.25) is 0 Å². The number of aliphatic hydroxyl groups excluding tert-OH is 1. The Hall–Kier alpha value is -0.320. The first-order valence-corrected chi connectivity index (χ1v) is 12.7. The molecule has 0 aromatic rings. The van der Waals surface area contributed by atoms with Crippen LogP contribution in [0.5, 0.6) is 0 Å². The summed E-state index contributed by atoms with van der Waals surface area (Å²) in [6, 6.07) is -0.312. The van der Waals surface area contributed by atoms with E-state index < -0.39 is 28.8 Å². The Balaban J connectivity index is 1.68. The molecule has 1 aliphatic heterocycles. The summed E-state index contributed by atoms with van der Waals surface area (Å²) in [5.41, 5.74) is -3.67. The van der Waals surface area contributed by atoms with Crippen molar-refractivity contribution >= 4 is 0 Å². The molecule has 6 rings (SSSR count). The highest BCUT2D eigenvalue weighted by Gasteiger charge is 2.91. The molecule has 3 N–H and O–H groups in total. The Morgan fingerprint density at radius 1 is 1.06 bits per heavy atom. The molecule has 0 amide bonds. The average Bonchev–Trinajstić information content (AvgIpc) is 3.22. The zero-order chi connectivity index (χ0) is 23.6. The van der Waals surface area contributed by atoms with E-state index in [-0.39, 0.29) is 53.8 Å². The number of ether oxygens (including phenoxy) is 4. The Bertz CT molecular complexity index is 810. The van der Waals surface area contributed by atoms with Crippen molar-refractivity contribution in [1.29, 1.82) is 0 Å². The van der Waals surface area contributed by atoms with Gasteiger partial charge in [0, 0.05) is 70.0 Å². The smallest absolute Gasteiger partial charge is 0.136 e. The largest absolute Gasteiger partial charge is 0.393 e. The molecule has 13 atom stereocenters. The van der Waals surface area contributed by atoms with Gasteiger partial charge in [0.2, 0.25) is 0 Å². The topological polar surface area (TPSA) is 101 Å². The van der Waals surface area contributed by atoms with Crippen LogP contribution in [0.15, 0.2) is 0 Å². The Labute approximate surface area is 196 Å². The van der Waals surface area contributed by atoms with Crippen molar-refractivity contribution in [2.45, 2.75) is 74.3 Å². The molecule has 5 aliphatic carbocycles. The van der Waals surface area contributed by atoms with Gasteiger partial charge in [-0.25, -0.2) is 0 Å². The van der Waals surface area contributed by atoms with E-state index in [0.29, 0.717) is 6.61 Å². The molecule has 8 nitrogen and oxygen atoms in total. The number of piperidine rings is 1. The van der Waals surface area contributed by atoms with E-state index in [1.807, 2.05) is 0 Å². The van der Waals surface area contributed by atoms with Crippen LogP contribution in [0.1, 0.15) is 32.6 Å². The van der Waals surface area contributed by atoms with Crippen molar-refractivity contribution < 1.29 is 34.3 Å². The maximum atomic E-state index is 12.9. The van der Waals surface area contributed by atoms with E-state index in [4.69, 9.17) is 18.9 Å². The fourth-order valence-electron chi connectivity index (χ4n) is 11.0. The second-order valence-electron chi connectivity index (χ2n) is 11.9. The highest BCUT2D eigenvalue weighted by atomic mass is 16.5. The second kappa shape index (κ2) is 7.13. The van der Waals surface area contributed by atoms with Crippen LogP contribution >= 0.6 is 0 Å². The Kier molecular flexibility index (Phi) is 4.99. The molecule has 0 radical (unpaired) electrons. The highest BCUT2D eigenvalue weighted by molar-refractivity contribution is 5.41. The normalized spacial score (nSPS) is 60.9. The van der Waals surface area contributed by atoms with E-state index >= 15 is 0 Å². The zero-order valence-electron chi connectivity index (χ0n) is 20.6. The third-order valence-corrected chi connectivity index (χ3v) is 11.5. The minimum absolute atomic E-state index is 0.0144. The molecule has 1 heterocycles. The lowest BCUT2D eigenvalue weighted by molar-refractivity contribution is -0.319. The molecule has 7 bridgehead atoms. The van der Waals surface area contributed by atoms with E-state index in [2.05, 4.69) is 11.8 Å². The number of likely N-dealkylation sites (N-methyl/N-ethyl adjacent to an activating group) is 1. The maximum Gasteiger partial charge on any atom is 0.136 e. The molecule has 1 spiro atoms. The van der Waals surface area contributed by atoms with Crippen LogP contribution in [0.4, 0.5) is 0 Å². The number of hydrogen-bond acceptors (Lipinski definition) is 8. The van der Waals surface area contributed by atoms with Crippen LogP contribution in [-0.4, -0.2) is 110 Å². The predicted molar refractivity (Wildman–Crippen MR) is 119 cm³/mol. The molecule has 6 fully saturated rings. The van der Waals surface area contributed by atoms with Crippen LogP contribution in [0.3, 0.4) is 0 Å². The van der Waals surface area contributed by atoms with Crippen LogP contribution in [0.25, 0.3) is 0 Å². The molecule has 6 aliphatic rings. The van der Waals surface area contributed by atoms with Gasteiger partial charge in [-0.05, 0) is 31.7 Å². The molecule has 1 saturated heterocycles. The standard InChI is InChI=1S/C25H41NO7/c1-6-26-11-22(12-30-2)8-7-16(31-3)24-14-9-13-15(27)10-23(28,17(14)18(13)32-4)25(29,21(24)26)20(33-5)19(22)24/h13-21,27-29H,6-12H2,1-5H3/t13-,14-,15+,16-,17-,18+,19-,20+,21+,22+,23-,24+,25-/m1/s1. The van der Waals surface area contributed by atoms with Gasteiger partial charge in [0.15, 0.2) is 0 Å². The van der Waals surface area contributed by atoms with Crippen molar-refractivity contribution in [3.8, 4) is 0 Å². The minimum Gasteiger partial charge on any atom is -0.393 e. The molecule has 0 unspecified atom stereocenters. The second-order valence-corrected chi connectivity index (χ2v) is 11.9. The molecule has 8 heteroatoms. The van der Waals surface area contributed by atoms with Gasteiger partial charge in [-0.2, -0.15) is 0 Å². The fourth-order valence-corrected chi connectivity index (χ4v) is 11.0. The van der Waals surface area contributed by atoms with Crippen molar-refractivity contribution in [1.82, 2.24) is 4.90 Å². The third kappa shape index (κ3) is 2.20. The number of nitrogens with zero attached hydrogens (tertiary/aromatic N) is 1. The van der Waals surface area contributed by atoms with Gasteiger partial charge in [-0.1, -0.05) is 6.92 Å². The lowest BCUT2D eigenvalue weighted by atomic mass is 9.42. The summed E-state index contributed by atoms with van der Waals surface area (Å²) in [4.78, 5) is 2.38. The van der Waals surface area contributed by atoms with E-state index in [9.17, 15) is 15.3 Å². The van der Waals surface area contributed by atoms with Gasteiger partial charge >= 0.3 is 0 Å². The van der Waals surface area contributed by atoms with Gasteiger partial charge < -0.3 is 34.3 Å². The summed E-state index contributed by atoms with van der Waals surface area (Å²) < 4.78 is 24.4. The monoisotopic (exact) mass is 467 g/mol. The number of aliphatic hydroxyl groups is 3. The van der Waals surface area contributed by atoms with Crippen LogP contribution in [-0.2, 0) is 18.9 Å². The summed E-state index contributed by atoms with van der Waals surface area (Å²) >= 11 is 0. The van der Waals surface area contributed by atoms with Crippen molar-refractivity contribution in [3.05, 3.63) is 0 Å². The lowest BCUT2D eigenvalue weighted by Gasteiger charge is -2.70. The van der Waals surface area contributed by atoms with Crippen molar-refractivity contribution in [2.24, 2.45) is 34.5 Å². The first kappa shape index (κ1) is 23.1. The number of methoxy groups -OCH3 is 4. The van der Waals surface area contributed by atoms with E-state index in [0.717, 1.165) is 32.4 Å². The first-order valence-electron chi connectivity index (χ1n) is 12.7. The van der Waals surface area contributed by atoms with Gasteiger partial charge in [-0.3, -0.25) is 4.90 Å². The van der Waals surface area contributed by atoms with E-state index in [1.54, 1.807) is 28.4 Å². The predicted octanol–water partition coefficient (Wildman–Crippen LogP) is 0.271. The van der Waals surface area contributed by atoms with Crippen LogP contribution in [0, 0.1) is 34.5 Å². The molecule has 0 aromatic heterocycles. The number of fused-ring (bicyclic) bond motifs is 2. The minimum atomic E-state index is -1.55. The number of likely N-dealkylation sites (tertiary alicyclic amines) is 1. The summed E-state index contributed by atoms with van der Waals surface area (Å²) in [7, 11) is 6.89. The average molecular weight is 468 g/mol. The molecular weight excluding hydrogens is 426 g/mol. The SMILES string of the molecule is CCN1C[C@]2(COC)CC[C@@H](OC)[C@@]34[C@@H]5C[C@H]6[C@H](OC)[C@@H]5[C@](O)(C[C@@H]6O)[C@@](O)([C@@H](OC)[C@H]23)[C@@H]14. The highest BCUT2D eigenvalue weighted by Crippen LogP contribution is 2.80. The maximum absolute atomic E-state index is 12.9. The summed E-state index contributed by atoms with van der Waals surface area (Å²) in [5.74, 6) is -0.274. The van der Waals surface area contributed by atoms with Gasteiger partial charge in [0.25, 0.3) is 0 Å². The number of hydrogen-bond donors (Lipinski definition) is 3. The van der Waals surface area contributed by atoms with Crippen LogP contribution < -0.4 is 0 Å². The van der Waals surface area contributed by atoms with Crippen molar-refractivity contribution in [2.75, 3.05) is 48.1 Å². The molecule has 0 aromatic carbocycles. The quantitative estimate of drug-likeness (QED) is 0.512.